The van der Waals surface area contributed by atoms with E-state index in [0.29, 0.717) is 33.6 Å². The number of ether oxygens (including phenoxy) is 2. The second-order valence-electron chi connectivity index (χ2n) is 10.2. The fraction of sp³-hybridized carbons (Fsp3) is 0.312. The molecule has 0 saturated carbocycles. The summed E-state index contributed by atoms with van der Waals surface area (Å²) in [6.45, 7) is 1.12. The number of esters is 1. The highest BCUT2D eigenvalue weighted by Gasteiger charge is 2.27. The number of halogens is 2. The highest BCUT2D eigenvalue weighted by molar-refractivity contribution is 5.95. The fourth-order valence-corrected chi connectivity index (χ4v) is 4.86. The predicted octanol–water partition coefficient (Wildman–Crippen LogP) is 4.85. The van der Waals surface area contributed by atoms with Crippen LogP contribution >= 0.6 is 0 Å². The smallest absolute Gasteiger partial charge is 0.305 e. The first-order valence-electron chi connectivity index (χ1n) is 14.2. The van der Waals surface area contributed by atoms with E-state index in [1.807, 2.05) is 0 Å². The molecule has 0 fully saturated rings. The molecule has 232 valence electrons. The Labute approximate surface area is 253 Å². The van der Waals surface area contributed by atoms with Gasteiger partial charge < -0.3 is 31.2 Å². The lowest BCUT2D eigenvalue weighted by Crippen LogP contribution is -2.36. The van der Waals surface area contributed by atoms with Gasteiger partial charge in [0, 0.05) is 29.8 Å². The first-order chi connectivity index (χ1) is 21.1. The van der Waals surface area contributed by atoms with Crippen molar-refractivity contribution in [1.82, 2.24) is 5.32 Å². The number of carbonyl (C=O) groups is 3. The number of alkyl halides is 2. The van der Waals surface area contributed by atoms with Crippen molar-refractivity contribution in [1.29, 1.82) is 5.41 Å². The van der Waals surface area contributed by atoms with Crippen LogP contribution in [-0.4, -0.2) is 43.3 Å². The summed E-state index contributed by atoms with van der Waals surface area (Å²) in [5.41, 5.74) is 8.81. The van der Waals surface area contributed by atoms with Gasteiger partial charge in [0.2, 0.25) is 11.8 Å². The minimum absolute atomic E-state index is 0.0296. The van der Waals surface area contributed by atoms with Gasteiger partial charge in [-0.3, -0.25) is 19.8 Å². The van der Waals surface area contributed by atoms with E-state index >= 15 is 0 Å². The van der Waals surface area contributed by atoms with E-state index in [4.69, 9.17) is 20.6 Å². The van der Waals surface area contributed by atoms with Gasteiger partial charge in [-0.15, -0.1) is 0 Å². The molecular weight excluding hydrogens is 572 g/mol. The molecule has 1 aliphatic heterocycles. The zero-order valence-electron chi connectivity index (χ0n) is 24.2. The second kappa shape index (κ2) is 14.9. The van der Waals surface area contributed by atoms with Crippen LogP contribution in [0.2, 0.25) is 0 Å². The fourth-order valence-electron chi connectivity index (χ4n) is 4.86. The molecule has 1 heterocycles. The van der Waals surface area contributed by atoms with E-state index in [1.54, 1.807) is 67.6 Å². The molecule has 44 heavy (non-hydrogen) atoms. The summed E-state index contributed by atoms with van der Waals surface area (Å²) in [6, 6.07) is 16.8. The minimum atomic E-state index is -2.69. The van der Waals surface area contributed by atoms with Crippen LogP contribution in [0.25, 0.3) is 0 Å². The van der Waals surface area contributed by atoms with Crippen LogP contribution in [0, 0.1) is 5.41 Å². The molecule has 2 atom stereocenters. The van der Waals surface area contributed by atoms with Crippen LogP contribution in [0.3, 0.4) is 0 Å². The lowest BCUT2D eigenvalue weighted by atomic mass is 9.96. The number of nitrogens with one attached hydrogen (secondary N) is 4. The maximum Gasteiger partial charge on any atom is 0.305 e. The van der Waals surface area contributed by atoms with Gasteiger partial charge in [-0.05, 0) is 85.0 Å². The third-order valence-corrected chi connectivity index (χ3v) is 7.00. The highest BCUT2D eigenvalue weighted by atomic mass is 19.3. The molecule has 0 aromatic heterocycles. The lowest BCUT2D eigenvalue weighted by molar-refractivity contribution is -0.143. The molecule has 3 aromatic carbocycles. The molecule has 0 aliphatic carbocycles. The summed E-state index contributed by atoms with van der Waals surface area (Å²) in [5.74, 6) is -1.04. The van der Waals surface area contributed by atoms with Crippen LogP contribution in [0.15, 0.2) is 66.7 Å². The number of hydrogen-bond donors (Lipinski definition) is 5. The average Bonchev–Trinajstić information content (AvgIpc) is 3.00. The molecule has 1 aliphatic rings. The molecular formula is C32H35F2N5O5. The highest BCUT2D eigenvalue weighted by Crippen LogP contribution is 2.30. The Balaban J connectivity index is 1.76. The summed E-state index contributed by atoms with van der Waals surface area (Å²) in [4.78, 5) is 39.2. The standard InChI is InChI=1S/C32H35F2N5O5/c1-2-43-29(41)15-12-25-20-4-3-5-24(17-20)37-28(40)14-9-21-16-22(8-13-26(21)44-18-27(33)34)30(32(42)39-25)38-23-10-6-19(7-11-23)31(35)36/h3-8,10-11,13,16-17,25,27,30,38H,2,9,12,14-15,18H2,1H3,(H3,35,36)(H,37,40)(H,39,42). The molecule has 4 rings (SSSR count). The number of fused-ring (bicyclic) bond motifs is 4. The summed E-state index contributed by atoms with van der Waals surface area (Å²) in [7, 11) is 0. The van der Waals surface area contributed by atoms with Gasteiger partial charge in [0.1, 0.15) is 24.2 Å². The number of anilines is 2. The van der Waals surface area contributed by atoms with Crippen molar-refractivity contribution in [3.05, 3.63) is 89.0 Å². The van der Waals surface area contributed by atoms with Gasteiger partial charge in [-0.1, -0.05) is 18.2 Å². The van der Waals surface area contributed by atoms with E-state index in [1.165, 1.54) is 6.07 Å². The van der Waals surface area contributed by atoms with Crippen LogP contribution in [0.1, 0.15) is 60.5 Å². The van der Waals surface area contributed by atoms with Crippen molar-refractivity contribution in [3.8, 4) is 5.75 Å². The van der Waals surface area contributed by atoms with Crippen molar-refractivity contribution in [2.45, 2.75) is 51.1 Å². The Bertz CT molecular complexity index is 1500. The number of carbonyl (C=O) groups excluding carboxylic acids is 3. The molecule has 2 amide bonds. The maximum atomic E-state index is 14.1. The molecule has 2 unspecified atom stereocenters. The molecule has 12 heteroatoms. The van der Waals surface area contributed by atoms with Crippen molar-refractivity contribution in [2.75, 3.05) is 23.8 Å². The molecule has 3 aromatic rings. The van der Waals surface area contributed by atoms with Crippen molar-refractivity contribution in [3.63, 3.8) is 0 Å². The van der Waals surface area contributed by atoms with E-state index in [0.717, 1.165) is 0 Å². The number of rotatable bonds is 10. The van der Waals surface area contributed by atoms with Crippen LogP contribution in [0.4, 0.5) is 20.2 Å². The predicted molar refractivity (Wildman–Crippen MR) is 162 cm³/mol. The average molecular weight is 608 g/mol. The van der Waals surface area contributed by atoms with Gasteiger partial charge in [0.05, 0.1) is 12.6 Å². The summed E-state index contributed by atoms with van der Waals surface area (Å²) in [5, 5.41) is 16.8. The molecule has 0 radical (unpaired) electrons. The monoisotopic (exact) mass is 607 g/mol. The number of aryl methyl sites for hydroxylation is 1. The Morgan fingerprint density at radius 2 is 1.84 bits per heavy atom. The van der Waals surface area contributed by atoms with Gasteiger partial charge >= 0.3 is 5.97 Å². The Kier molecular flexibility index (Phi) is 10.8. The van der Waals surface area contributed by atoms with E-state index in [9.17, 15) is 23.2 Å². The maximum absolute atomic E-state index is 14.1. The van der Waals surface area contributed by atoms with Crippen LogP contribution < -0.4 is 26.4 Å². The van der Waals surface area contributed by atoms with E-state index in [-0.39, 0.29) is 49.8 Å². The number of nitrogens with two attached hydrogens (primary N) is 1. The third-order valence-electron chi connectivity index (χ3n) is 7.00. The first kappa shape index (κ1) is 31.9. The zero-order chi connectivity index (χ0) is 31.6. The SMILES string of the molecule is CCOC(=O)CCC1NC(=O)C(Nc2ccc(C(=N)N)cc2)c2ccc(OCC(F)F)c(c2)CCC(=O)Nc2cccc1c2. The van der Waals surface area contributed by atoms with Crippen molar-refractivity contribution >= 4 is 35.0 Å². The van der Waals surface area contributed by atoms with Crippen LogP contribution in [0.5, 0.6) is 5.75 Å². The normalized spacial score (nSPS) is 16.7. The number of amides is 2. The Hall–Kier alpha value is -5.00. The number of benzene rings is 3. The number of hydrogen-bond acceptors (Lipinski definition) is 7. The topological polar surface area (TPSA) is 156 Å². The molecule has 0 spiro atoms. The van der Waals surface area contributed by atoms with Gasteiger partial charge in [0.25, 0.3) is 6.43 Å². The van der Waals surface area contributed by atoms with E-state index < -0.39 is 37.0 Å². The number of amidine groups is 1. The quantitative estimate of drug-likeness (QED) is 0.125. The van der Waals surface area contributed by atoms with Crippen molar-refractivity contribution in [2.24, 2.45) is 5.73 Å². The lowest BCUT2D eigenvalue weighted by Gasteiger charge is -2.26. The molecule has 4 bridgehead atoms. The van der Waals surface area contributed by atoms with E-state index in [2.05, 4.69) is 16.0 Å². The molecule has 0 saturated heterocycles. The number of nitrogen functional groups attached to an aromatic ring is 1. The van der Waals surface area contributed by atoms with Crippen LogP contribution in [-0.2, 0) is 25.5 Å². The minimum Gasteiger partial charge on any atom is -0.487 e. The largest absolute Gasteiger partial charge is 0.487 e. The van der Waals surface area contributed by atoms with Gasteiger partial charge in [-0.2, -0.15) is 0 Å². The Morgan fingerprint density at radius 1 is 1.07 bits per heavy atom. The first-order valence-corrected chi connectivity index (χ1v) is 14.2. The van der Waals surface area contributed by atoms with Crippen molar-refractivity contribution < 1.29 is 32.6 Å². The molecule has 6 N–H and O–H groups in total. The molecule has 10 nitrogen and oxygen atoms in total. The van der Waals surface area contributed by atoms with Gasteiger partial charge in [0.15, 0.2) is 0 Å². The zero-order valence-corrected chi connectivity index (χ0v) is 24.2. The summed E-state index contributed by atoms with van der Waals surface area (Å²) in [6.07, 6.45) is -2.22. The second-order valence-corrected chi connectivity index (χ2v) is 10.2. The summed E-state index contributed by atoms with van der Waals surface area (Å²) < 4.78 is 36.4. The van der Waals surface area contributed by atoms with Gasteiger partial charge in [-0.25, -0.2) is 8.78 Å². The third kappa shape index (κ3) is 8.76. The Morgan fingerprint density at radius 3 is 2.55 bits per heavy atom. The summed E-state index contributed by atoms with van der Waals surface area (Å²) >= 11 is 0.